The van der Waals surface area contributed by atoms with Crippen molar-refractivity contribution in [2.24, 2.45) is 5.73 Å². The molecule has 1 aliphatic rings. The molecule has 7 heteroatoms. The van der Waals surface area contributed by atoms with Gasteiger partial charge < -0.3 is 21.3 Å². The van der Waals surface area contributed by atoms with E-state index in [1.165, 1.54) is 6.07 Å². The van der Waals surface area contributed by atoms with Crippen LogP contribution in [0.2, 0.25) is 5.02 Å². The van der Waals surface area contributed by atoms with E-state index in [1.807, 2.05) is 0 Å². The number of nitrogens with one attached hydrogen (secondary N) is 2. The van der Waals surface area contributed by atoms with Crippen LogP contribution < -0.4 is 16.4 Å². The van der Waals surface area contributed by atoms with Crippen molar-refractivity contribution in [3.63, 3.8) is 0 Å². The van der Waals surface area contributed by atoms with Crippen molar-refractivity contribution in [1.29, 1.82) is 0 Å². The Balaban J connectivity index is 1.99. The van der Waals surface area contributed by atoms with Crippen molar-refractivity contribution >= 4 is 29.1 Å². The minimum absolute atomic E-state index is 0.00290. The van der Waals surface area contributed by atoms with E-state index in [-0.39, 0.29) is 18.0 Å². The van der Waals surface area contributed by atoms with Crippen LogP contribution in [0.4, 0.5) is 5.69 Å². The third-order valence-electron chi connectivity index (χ3n) is 3.15. The molecule has 1 heterocycles. The van der Waals surface area contributed by atoms with Crippen molar-refractivity contribution in [3.05, 3.63) is 28.8 Å². The molecular formula is C13H17ClN4O2. The quantitative estimate of drug-likeness (QED) is 0.745. The highest BCUT2D eigenvalue weighted by Gasteiger charge is 2.16. The number of carbonyl (C=O) groups excluding carboxylic acids is 2. The summed E-state index contributed by atoms with van der Waals surface area (Å²) in [5, 5.41) is 6.56. The average Bonchev–Trinajstić information content (AvgIpc) is 2.46. The number of primary amides is 1. The summed E-state index contributed by atoms with van der Waals surface area (Å²) in [6.07, 6.45) is 0. The Morgan fingerprint density at radius 1 is 1.35 bits per heavy atom. The summed E-state index contributed by atoms with van der Waals surface area (Å²) in [6.45, 7) is 3.13. The lowest BCUT2D eigenvalue weighted by molar-refractivity contribution is -0.129. The molecule has 2 amide bonds. The van der Waals surface area contributed by atoms with Crippen LogP contribution in [0, 0.1) is 0 Å². The summed E-state index contributed by atoms with van der Waals surface area (Å²) < 4.78 is 0. The number of hydrogen-bond donors (Lipinski definition) is 3. The molecule has 1 saturated heterocycles. The standard InChI is InChI=1S/C13H17ClN4O2/c14-9-1-2-11(10(7-9)13(15)20)17-8-12(19)18-5-3-16-4-6-18/h1-2,7,16-17H,3-6,8H2,(H2,15,20). The Kier molecular flexibility index (Phi) is 4.81. The smallest absolute Gasteiger partial charge is 0.250 e. The van der Waals surface area contributed by atoms with Gasteiger partial charge in [0.25, 0.3) is 5.91 Å². The van der Waals surface area contributed by atoms with Crippen LogP contribution in [0.15, 0.2) is 18.2 Å². The fraction of sp³-hybridized carbons (Fsp3) is 0.385. The lowest BCUT2D eigenvalue weighted by atomic mass is 10.1. The molecule has 1 fully saturated rings. The van der Waals surface area contributed by atoms with E-state index < -0.39 is 5.91 Å². The van der Waals surface area contributed by atoms with Crippen LogP contribution in [0.25, 0.3) is 0 Å². The highest BCUT2D eigenvalue weighted by atomic mass is 35.5. The van der Waals surface area contributed by atoms with Crippen molar-refractivity contribution in [1.82, 2.24) is 10.2 Å². The van der Waals surface area contributed by atoms with Gasteiger partial charge in [0.05, 0.1) is 12.1 Å². The van der Waals surface area contributed by atoms with Gasteiger partial charge in [-0.05, 0) is 18.2 Å². The molecule has 0 bridgehead atoms. The van der Waals surface area contributed by atoms with Crippen LogP contribution in [0.3, 0.4) is 0 Å². The van der Waals surface area contributed by atoms with Crippen LogP contribution in [0.5, 0.6) is 0 Å². The molecule has 0 aromatic heterocycles. The third kappa shape index (κ3) is 3.61. The van der Waals surface area contributed by atoms with Gasteiger partial charge in [-0.1, -0.05) is 11.6 Å². The second-order valence-electron chi connectivity index (χ2n) is 4.54. The minimum Gasteiger partial charge on any atom is -0.376 e. The predicted molar refractivity (Wildman–Crippen MR) is 77.9 cm³/mol. The van der Waals surface area contributed by atoms with Gasteiger partial charge in [-0.3, -0.25) is 9.59 Å². The third-order valence-corrected chi connectivity index (χ3v) is 3.38. The van der Waals surface area contributed by atoms with Crippen molar-refractivity contribution in [2.45, 2.75) is 0 Å². The summed E-state index contributed by atoms with van der Waals surface area (Å²) in [5.41, 5.74) is 6.09. The maximum atomic E-state index is 12.0. The van der Waals surface area contributed by atoms with Gasteiger partial charge >= 0.3 is 0 Å². The Hall–Kier alpha value is -1.79. The molecule has 4 N–H and O–H groups in total. The number of nitrogens with zero attached hydrogens (tertiary/aromatic N) is 1. The Bertz CT molecular complexity index is 515. The monoisotopic (exact) mass is 296 g/mol. The number of hydrogen-bond acceptors (Lipinski definition) is 4. The van der Waals surface area contributed by atoms with Crippen LogP contribution in [-0.2, 0) is 4.79 Å². The molecule has 0 saturated carbocycles. The molecule has 0 unspecified atom stereocenters. The number of anilines is 1. The normalized spacial score (nSPS) is 14.9. The van der Waals surface area contributed by atoms with E-state index in [9.17, 15) is 9.59 Å². The Morgan fingerprint density at radius 2 is 2.05 bits per heavy atom. The molecule has 20 heavy (non-hydrogen) atoms. The number of amides is 2. The zero-order valence-corrected chi connectivity index (χ0v) is 11.7. The zero-order valence-electron chi connectivity index (χ0n) is 11.0. The van der Waals surface area contributed by atoms with E-state index in [1.54, 1.807) is 17.0 Å². The summed E-state index contributed by atoms with van der Waals surface area (Å²) in [7, 11) is 0. The lowest BCUT2D eigenvalue weighted by Gasteiger charge is -2.27. The maximum Gasteiger partial charge on any atom is 0.250 e. The lowest BCUT2D eigenvalue weighted by Crippen LogP contribution is -2.48. The second-order valence-corrected chi connectivity index (χ2v) is 4.97. The summed E-state index contributed by atoms with van der Waals surface area (Å²) in [4.78, 5) is 25.1. The first kappa shape index (κ1) is 14.6. The minimum atomic E-state index is -0.579. The first-order chi connectivity index (χ1) is 9.58. The molecule has 0 spiro atoms. The number of halogens is 1. The van der Waals surface area contributed by atoms with Gasteiger partial charge in [0.15, 0.2) is 0 Å². The van der Waals surface area contributed by atoms with Gasteiger partial charge in [-0.2, -0.15) is 0 Å². The van der Waals surface area contributed by atoms with E-state index in [2.05, 4.69) is 10.6 Å². The Labute approximate surface area is 122 Å². The van der Waals surface area contributed by atoms with Crippen molar-refractivity contribution < 1.29 is 9.59 Å². The van der Waals surface area contributed by atoms with Crippen LogP contribution >= 0.6 is 11.6 Å². The number of rotatable bonds is 4. The van der Waals surface area contributed by atoms with Gasteiger partial charge in [0.1, 0.15) is 0 Å². The first-order valence-corrected chi connectivity index (χ1v) is 6.77. The zero-order chi connectivity index (χ0) is 14.5. The molecule has 1 aliphatic heterocycles. The fourth-order valence-electron chi connectivity index (χ4n) is 2.07. The number of piperazine rings is 1. The summed E-state index contributed by atoms with van der Waals surface area (Å²) in [5.74, 6) is -0.582. The molecule has 1 aromatic carbocycles. The number of carbonyl (C=O) groups is 2. The van der Waals surface area contributed by atoms with Crippen LogP contribution in [0.1, 0.15) is 10.4 Å². The maximum absolute atomic E-state index is 12.0. The highest BCUT2D eigenvalue weighted by molar-refractivity contribution is 6.31. The second kappa shape index (κ2) is 6.58. The fourth-order valence-corrected chi connectivity index (χ4v) is 2.24. The Morgan fingerprint density at radius 3 is 2.70 bits per heavy atom. The van der Waals surface area contributed by atoms with Gasteiger partial charge in [-0.15, -0.1) is 0 Å². The molecule has 108 valence electrons. The van der Waals surface area contributed by atoms with Crippen molar-refractivity contribution in [2.75, 3.05) is 38.0 Å². The average molecular weight is 297 g/mol. The van der Waals surface area contributed by atoms with Gasteiger partial charge in [0, 0.05) is 36.9 Å². The molecule has 2 rings (SSSR count). The molecule has 6 nitrogen and oxygen atoms in total. The molecule has 0 aliphatic carbocycles. The summed E-state index contributed by atoms with van der Waals surface area (Å²) in [6, 6.07) is 4.78. The highest BCUT2D eigenvalue weighted by Crippen LogP contribution is 2.20. The van der Waals surface area contributed by atoms with Gasteiger partial charge in [0.2, 0.25) is 5.91 Å². The molecule has 1 aromatic rings. The van der Waals surface area contributed by atoms with E-state index >= 15 is 0 Å². The van der Waals surface area contributed by atoms with E-state index in [0.717, 1.165) is 13.1 Å². The van der Waals surface area contributed by atoms with Gasteiger partial charge in [-0.25, -0.2) is 0 Å². The molecule has 0 atom stereocenters. The topological polar surface area (TPSA) is 87.5 Å². The first-order valence-electron chi connectivity index (χ1n) is 6.39. The van der Waals surface area contributed by atoms with Crippen molar-refractivity contribution in [3.8, 4) is 0 Å². The largest absolute Gasteiger partial charge is 0.376 e. The number of nitrogens with two attached hydrogens (primary N) is 1. The van der Waals surface area contributed by atoms with E-state index in [4.69, 9.17) is 17.3 Å². The molecule has 0 radical (unpaired) electrons. The summed E-state index contributed by atoms with van der Waals surface area (Å²) >= 11 is 5.83. The predicted octanol–water partition coefficient (Wildman–Crippen LogP) is 0.283. The molecular weight excluding hydrogens is 280 g/mol. The van der Waals surface area contributed by atoms with E-state index in [0.29, 0.717) is 23.8 Å². The number of benzene rings is 1. The SMILES string of the molecule is NC(=O)c1cc(Cl)ccc1NCC(=O)N1CCNCC1. The van der Waals surface area contributed by atoms with Crippen LogP contribution in [-0.4, -0.2) is 49.4 Å².